The van der Waals surface area contributed by atoms with Crippen molar-refractivity contribution in [2.75, 3.05) is 38.3 Å². The van der Waals surface area contributed by atoms with Crippen LogP contribution in [0.25, 0.3) is 0 Å². The Morgan fingerprint density at radius 2 is 1.70 bits per heavy atom. The number of hydrogen-bond donors (Lipinski definition) is 0. The number of hydrogen-bond acceptors (Lipinski definition) is 4. The second-order valence-corrected chi connectivity index (χ2v) is 6.49. The maximum absolute atomic E-state index is 13.1. The standard InChI is InChI=1S/C20H23BN2O4/c1-26-19(24)16-4-2-15(3-5-16)14-23(18-8-6-17(21)7-9-18)20(25)22-10-12-27-13-11-22/h2-9H,10-14,21H2,1H3. The van der Waals surface area contributed by atoms with E-state index < -0.39 is 0 Å². The molecule has 3 rings (SSSR count). The zero-order chi connectivity index (χ0) is 19.2. The first kappa shape index (κ1) is 19.0. The van der Waals surface area contributed by atoms with E-state index in [0.29, 0.717) is 38.4 Å². The van der Waals surface area contributed by atoms with Crippen LogP contribution in [-0.4, -0.2) is 58.2 Å². The molecule has 0 bridgehead atoms. The fourth-order valence-corrected chi connectivity index (χ4v) is 2.97. The molecule has 7 heteroatoms. The summed E-state index contributed by atoms with van der Waals surface area (Å²) in [5.41, 5.74) is 3.40. The minimum absolute atomic E-state index is 0.0424. The number of carbonyl (C=O) groups is 2. The van der Waals surface area contributed by atoms with Gasteiger partial charge in [0.2, 0.25) is 0 Å². The van der Waals surface area contributed by atoms with Crippen molar-refractivity contribution in [1.29, 1.82) is 0 Å². The number of benzene rings is 2. The van der Waals surface area contributed by atoms with Crippen LogP contribution in [0.2, 0.25) is 0 Å². The van der Waals surface area contributed by atoms with E-state index in [1.54, 1.807) is 17.0 Å². The van der Waals surface area contributed by atoms with Gasteiger partial charge in [-0.3, -0.25) is 4.90 Å². The first-order valence-corrected chi connectivity index (χ1v) is 8.96. The van der Waals surface area contributed by atoms with Crippen molar-refractivity contribution in [3.63, 3.8) is 0 Å². The van der Waals surface area contributed by atoms with Crippen LogP contribution in [0.1, 0.15) is 15.9 Å². The van der Waals surface area contributed by atoms with Crippen LogP contribution >= 0.6 is 0 Å². The molecule has 2 aromatic rings. The number of urea groups is 1. The normalized spacial score (nSPS) is 13.9. The fraction of sp³-hybridized carbons (Fsp3) is 0.300. The Morgan fingerprint density at radius 1 is 1.07 bits per heavy atom. The Bertz CT molecular complexity index is 787. The Hall–Kier alpha value is -2.80. The van der Waals surface area contributed by atoms with Crippen molar-refractivity contribution >= 4 is 31.0 Å². The predicted molar refractivity (Wildman–Crippen MR) is 106 cm³/mol. The monoisotopic (exact) mass is 366 g/mol. The maximum atomic E-state index is 13.1. The third-order valence-corrected chi connectivity index (χ3v) is 4.57. The molecule has 1 heterocycles. The van der Waals surface area contributed by atoms with Gasteiger partial charge in [-0.2, -0.15) is 0 Å². The molecule has 0 saturated carbocycles. The molecule has 0 aliphatic carbocycles. The SMILES string of the molecule is Bc1ccc(N(Cc2ccc(C(=O)OC)cc2)C(=O)N2CCOCC2)cc1. The molecular formula is C20H23BN2O4. The molecule has 2 amide bonds. The van der Waals surface area contributed by atoms with Gasteiger partial charge in [0.15, 0.2) is 0 Å². The second kappa shape index (κ2) is 8.73. The quantitative estimate of drug-likeness (QED) is 0.603. The largest absolute Gasteiger partial charge is 0.465 e. The van der Waals surface area contributed by atoms with Crippen molar-refractivity contribution in [1.82, 2.24) is 4.90 Å². The average Bonchev–Trinajstić information content (AvgIpc) is 2.73. The molecule has 0 aromatic heterocycles. The topological polar surface area (TPSA) is 59.1 Å². The van der Waals surface area contributed by atoms with Gasteiger partial charge < -0.3 is 14.4 Å². The summed E-state index contributed by atoms with van der Waals surface area (Å²) in [6.45, 7) is 2.70. The summed E-state index contributed by atoms with van der Waals surface area (Å²) in [5, 5.41) is 0. The number of anilines is 1. The molecule has 1 aliphatic heterocycles. The average molecular weight is 366 g/mol. The van der Waals surface area contributed by atoms with E-state index in [2.05, 4.69) is 0 Å². The number of nitrogens with zero attached hydrogens (tertiary/aromatic N) is 2. The van der Waals surface area contributed by atoms with E-state index in [1.165, 1.54) is 7.11 Å². The zero-order valence-corrected chi connectivity index (χ0v) is 15.7. The first-order chi connectivity index (χ1) is 13.1. The lowest BCUT2D eigenvalue weighted by Gasteiger charge is -2.33. The van der Waals surface area contributed by atoms with Gasteiger partial charge >= 0.3 is 12.0 Å². The molecule has 1 saturated heterocycles. The summed E-state index contributed by atoms with van der Waals surface area (Å²) in [6.07, 6.45) is 0. The minimum Gasteiger partial charge on any atom is -0.465 e. The lowest BCUT2D eigenvalue weighted by Crippen LogP contribution is -2.48. The van der Waals surface area contributed by atoms with Crippen LogP contribution in [0.4, 0.5) is 10.5 Å². The molecule has 0 radical (unpaired) electrons. The number of ether oxygens (including phenoxy) is 2. The second-order valence-electron chi connectivity index (χ2n) is 6.49. The van der Waals surface area contributed by atoms with Crippen LogP contribution < -0.4 is 10.4 Å². The Balaban J connectivity index is 1.83. The van der Waals surface area contributed by atoms with Gasteiger partial charge in [-0.25, -0.2) is 9.59 Å². The van der Waals surface area contributed by atoms with Crippen molar-refractivity contribution in [2.24, 2.45) is 0 Å². The van der Waals surface area contributed by atoms with Crippen LogP contribution in [0, 0.1) is 0 Å². The number of amides is 2. The molecule has 2 aromatic carbocycles. The van der Waals surface area contributed by atoms with Crippen molar-refractivity contribution in [3.8, 4) is 0 Å². The number of rotatable bonds is 4. The van der Waals surface area contributed by atoms with Crippen LogP contribution in [0.5, 0.6) is 0 Å². The number of carbonyl (C=O) groups excluding carboxylic acids is 2. The minimum atomic E-state index is -0.374. The van der Waals surface area contributed by atoms with Gasteiger partial charge in [0.1, 0.15) is 7.85 Å². The van der Waals surface area contributed by atoms with Crippen molar-refractivity contribution in [2.45, 2.75) is 6.54 Å². The number of methoxy groups -OCH3 is 1. The van der Waals surface area contributed by atoms with Crippen molar-refractivity contribution in [3.05, 3.63) is 59.7 Å². The van der Waals surface area contributed by atoms with Gasteiger partial charge in [-0.05, 0) is 29.8 Å². The summed E-state index contributed by atoms with van der Waals surface area (Å²) in [4.78, 5) is 28.3. The summed E-state index contributed by atoms with van der Waals surface area (Å²) >= 11 is 0. The highest BCUT2D eigenvalue weighted by atomic mass is 16.5. The zero-order valence-electron chi connectivity index (χ0n) is 15.7. The van der Waals surface area contributed by atoms with Gasteiger partial charge in [0.05, 0.1) is 32.4 Å². The molecule has 0 atom stereocenters. The highest BCUT2D eigenvalue weighted by molar-refractivity contribution is 6.32. The Morgan fingerprint density at radius 3 is 2.30 bits per heavy atom. The van der Waals surface area contributed by atoms with E-state index in [9.17, 15) is 9.59 Å². The van der Waals surface area contributed by atoms with E-state index >= 15 is 0 Å². The molecule has 27 heavy (non-hydrogen) atoms. The molecule has 6 nitrogen and oxygen atoms in total. The van der Waals surface area contributed by atoms with Gasteiger partial charge in [-0.15, -0.1) is 0 Å². The molecular weight excluding hydrogens is 343 g/mol. The molecule has 140 valence electrons. The summed E-state index contributed by atoms with van der Waals surface area (Å²) in [5.74, 6) is -0.374. The molecule has 1 fully saturated rings. The van der Waals surface area contributed by atoms with Crippen LogP contribution in [0.15, 0.2) is 48.5 Å². The smallest absolute Gasteiger partial charge is 0.337 e. The highest BCUT2D eigenvalue weighted by Crippen LogP contribution is 2.19. The third-order valence-electron chi connectivity index (χ3n) is 4.57. The summed E-state index contributed by atoms with van der Waals surface area (Å²) < 4.78 is 10.1. The number of esters is 1. The van der Waals surface area contributed by atoms with E-state index in [-0.39, 0.29) is 12.0 Å². The Labute approximate surface area is 160 Å². The molecule has 0 unspecified atom stereocenters. The Kier molecular flexibility index (Phi) is 6.14. The first-order valence-electron chi connectivity index (χ1n) is 8.96. The summed E-state index contributed by atoms with van der Waals surface area (Å²) in [7, 11) is 3.37. The fourth-order valence-electron chi connectivity index (χ4n) is 2.97. The van der Waals surface area contributed by atoms with E-state index in [0.717, 1.165) is 16.7 Å². The van der Waals surface area contributed by atoms with Crippen LogP contribution in [-0.2, 0) is 16.0 Å². The van der Waals surface area contributed by atoms with Gasteiger partial charge in [0.25, 0.3) is 0 Å². The lowest BCUT2D eigenvalue weighted by molar-refractivity contribution is 0.0548. The van der Waals surface area contributed by atoms with Gasteiger partial charge in [0, 0.05) is 18.8 Å². The van der Waals surface area contributed by atoms with Gasteiger partial charge in [-0.1, -0.05) is 29.7 Å². The maximum Gasteiger partial charge on any atom is 0.337 e. The molecule has 1 aliphatic rings. The third kappa shape index (κ3) is 4.68. The summed E-state index contributed by atoms with van der Waals surface area (Å²) in [6, 6.07) is 15.0. The lowest BCUT2D eigenvalue weighted by atomic mass is 9.96. The molecule has 0 spiro atoms. The predicted octanol–water partition coefficient (Wildman–Crippen LogP) is 1.19. The number of morpholine rings is 1. The van der Waals surface area contributed by atoms with Crippen LogP contribution in [0.3, 0.4) is 0 Å². The van der Waals surface area contributed by atoms with E-state index in [1.807, 2.05) is 49.1 Å². The van der Waals surface area contributed by atoms with Crippen molar-refractivity contribution < 1.29 is 19.1 Å². The van der Waals surface area contributed by atoms with E-state index in [4.69, 9.17) is 9.47 Å². The molecule has 0 N–H and O–H groups in total. The highest BCUT2D eigenvalue weighted by Gasteiger charge is 2.24.